The predicted molar refractivity (Wildman–Crippen MR) is 87.5 cm³/mol. The van der Waals surface area contributed by atoms with Gasteiger partial charge in [0.2, 0.25) is 10.0 Å². The minimum absolute atomic E-state index is 0.232. The summed E-state index contributed by atoms with van der Waals surface area (Å²) in [5.74, 6) is 0. The van der Waals surface area contributed by atoms with Gasteiger partial charge in [0, 0.05) is 31.4 Å². The third-order valence-corrected chi connectivity index (χ3v) is 6.58. The first-order chi connectivity index (χ1) is 10.0. The Kier molecular flexibility index (Phi) is 3.69. The van der Waals surface area contributed by atoms with Crippen LogP contribution in [0.1, 0.15) is 32.1 Å². The van der Waals surface area contributed by atoms with Crippen LogP contribution in [0.2, 0.25) is 0 Å². The fourth-order valence-corrected chi connectivity index (χ4v) is 5.18. The molecule has 1 aromatic heterocycles. The van der Waals surface area contributed by atoms with Crippen LogP contribution in [0.4, 0.5) is 5.69 Å². The summed E-state index contributed by atoms with van der Waals surface area (Å²) in [5, 5.41) is 0.756. The van der Waals surface area contributed by atoms with Crippen LogP contribution < -0.4 is 4.90 Å². The third-order valence-electron chi connectivity index (χ3n) is 4.40. The molecule has 0 atom stereocenters. The fourth-order valence-electron chi connectivity index (χ4n) is 3.26. The molecule has 0 saturated heterocycles. The lowest BCUT2D eigenvalue weighted by Crippen LogP contribution is -2.29. The monoisotopic (exact) mass is 306 g/mol. The maximum atomic E-state index is 12.9. The van der Waals surface area contributed by atoms with Crippen LogP contribution in [0.15, 0.2) is 30.5 Å². The number of nitrogens with zero attached hydrogens (tertiary/aromatic N) is 2. The first kappa shape index (κ1) is 14.4. The van der Waals surface area contributed by atoms with Crippen molar-refractivity contribution in [2.45, 2.75) is 37.4 Å². The molecule has 114 valence electrons. The summed E-state index contributed by atoms with van der Waals surface area (Å²) in [5.41, 5.74) is 1.83. The van der Waals surface area contributed by atoms with E-state index in [0.29, 0.717) is 0 Å². The Hall–Kier alpha value is -1.49. The SMILES string of the molecule is CN(C)c1cccc2c1ccn2S(=O)(=O)C1CCCCC1. The summed E-state index contributed by atoms with van der Waals surface area (Å²) in [6.45, 7) is 0. The Morgan fingerprint density at radius 1 is 1.10 bits per heavy atom. The summed E-state index contributed by atoms with van der Waals surface area (Å²) in [7, 11) is 0.658. The van der Waals surface area contributed by atoms with Gasteiger partial charge in [-0.2, -0.15) is 0 Å². The maximum Gasteiger partial charge on any atom is 0.241 e. The molecule has 1 aromatic carbocycles. The lowest BCUT2D eigenvalue weighted by Gasteiger charge is -2.22. The van der Waals surface area contributed by atoms with Gasteiger partial charge in [0.05, 0.1) is 10.8 Å². The molecule has 0 aliphatic heterocycles. The highest BCUT2D eigenvalue weighted by Crippen LogP contribution is 2.31. The average molecular weight is 306 g/mol. The van der Waals surface area contributed by atoms with Crippen LogP contribution in [0.25, 0.3) is 10.9 Å². The van der Waals surface area contributed by atoms with E-state index in [-0.39, 0.29) is 5.25 Å². The first-order valence-corrected chi connectivity index (χ1v) is 9.04. The van der Waals surface area contributed by atoms with Gasteiger partial charge in [-0.1, -0.05) is 25.3 Å². The van der Waals surface area contributed by atoms with Crippen molar-refractivity contribution in [2.24, 2.45) is 0 Å². The van der Waals surface area contributed by atoms with Crippen molar-refractivity contribution in [3.8, 4) is 0 Å². The molecule has 1 aliphatic carbocycles. The number of rotatable bonds is 3. The second kappa shape index (κ2) is 5.37. The van der Waals surface area contributed by atoms with E-state index >= 15 is 0 Å². The molecule has 3 rings (SSSR count). The van der Waals surface area contributed by atoms with E-state index in [9.17, 15) is 8.42 Å². The maximum absolute atomic E-state index is 12.9. The molecule has 5 heteroatoms. The van der Waals surface area contributed by atoms with E-state index in [2.05, 4.69) is 0 Å². The highest BCUT2D eigenvalue weighted by atomic mass is 32.2. The molecule has 1 saturated carbocycles. The van der Waals surface area contributed by atoms with Gasteiger partial charge in [0.15, 0.2) is 0 Å². The van der Waals surface area contributed by atoms with Gasteiger partial charge in [0.1, 0.15) is 0 Å². The van der Waals surface area contributed by atoms with Crippen LogP contribution in [0.5, 0.6) is 0 Å². The average Bonchev–Trinajstić information content (AvgIpc) is 2.92. The molecule has 0 radical (unpaired) electrons. The second-order valence-corrected chi connectivity index (χ2v) is 8.11. The van der Waals surface area contributed by atoms with Gasteiger partial charge in [0.25, 0.3) is 0 Å². The second-order valence-electron chi connectivity index (χ2n) is 6.02. The van der Waals surface area contributed by atoms with E-state index < -0.39 is 10.0 Å². The molecule has 1 aliphatic rings. The summed E-state index contributed by atoms with van der Waals surface area (Å²) in [6, 6.07) is 7.73. The quantitative estimate of drug-likeness (QED) is 0.874. The molecular weight excluding hydrogens is 284 g/mol. The molecule has 2 aromatic rings. The van der Waals surface area contributed by atoms with E-state index in [0.717, 1.165) is 48.7 Å². The summed E-state index contributed by atoms with van der Waals surface area (Å²) in [6.07, 6.45) is 6.48. The van der Waals surface area contributed by atoms with Gasteiger partial charge in [-0.25, -0.2) is 12.4 Å². The van der Waals surface area contributed by atoms with E-state index in [1.54, 1.807) is 6.20 Å². The van der Waals surface area contributed by atoms with E-state index in [4.69, 9.17) is 0 Å². The molecule has 0 amide bonds. The smallest absolute Gasteiger partial charge is 0.241 e. The summed E-state index contributed by atoms with van der Waals surface area (Å²) >= 11 is 0. The molecule has 0 bridgehead atoms. The predicted octanol–water partition coefficient (Wildman–Crippen LogP) is 3.22. The Labute approximate surface area is 126 Å². The van der Waals surface area contributed by atoms with Crippen molar-refractivity contribution < 1.29 is 8.42 Å². The number of aromatic nitrogens is 1. The summed E-state index contributed by atoms with van der Waals surface area (Å²) < 4.78 is 27.3. The first-order valence-electron chi connectivity index (χ1n) is 7.53. The lowest BCUT2D eigenvalue weighted by atomic mass is 10.0. The van der Waals surface area contributed by atoms with Gasteiger partial charge in [-0.15, -0.1) is 0 Å². The number of hydrogen-bond donors (Lipinski definition) is 0. The Morgan fingerprint density at radius 2 is 1.81 bits per heavy atom. The van der Waals surface area contributed by atoms with Gasteiger partial charge in [-0.3, -0.25) is 0 Å². The molecule has 1 fully saturated rings. The Morgan fingerprint density at radius 3 is 2.48 bits per heavy atom. The van der Waals surface area contributed by atoms with Crippen molar-refractivity contribution in [3.05, 3.63) is 30.5 Å². The molecular formula is C16H22N2O2S. The topological polar surface area (TPSA) is 42.3 Å². The zero-order valence-corrected chi connectivity index (χ0v) is 13.4. The molecule has 4 nitrogen and oxygen atoms in total. The van der Waals surface area contributed by atoms with Gasteiger partial charge in [-0.05, 0) is 31.0 Å². The van der Waals surface area contributed by atoms with Crippen LogP contribution in [-0.2, 0) is 10.0 Å². The molecule has 0 unspecified atom stereocenters. The molecule has 0 spiro atoms. The standard InChI is InChI=1S/C16H22N2O2S/c1-17(2)15-9-6-10-16-14(15)11-12-18(16)21(19,20)13-7-4-3-5-8-13/h6,9-13H,3-5,7-8H2,1-2H3. The molecule has 21 heavy (non-hydrogen) atoms. The van der Waals surface area contributed by atoms with Gasteiger partial charge < -0.3 is 4.90 Å². The zero-order chi connectivity index (χ0) is 15.0. The normalized spacial score (nSPS) is 17.2. The Bertz CT molecular complexity index is 741. The molecule has 0 N–H and O–H groups in total. The highest BCUT2D eigenvalue weighted by Gasteiger charge is 2.29. The third kappa shape index (κ3) is 2.44. The van der Waals surface area contributed by atoms with Crippen molar-refractivity contribution in [2.75, 3.05) is 19.0 Å². The molecule has 1 heterocycles. The van der Waals surface area contributed by atoms with Crippen molar-refractivity contribution in [1.82, 2.24) is 3.97 Å². The summed E-state index contributed by atoms with van der Waals surface area (Å²) in [4.78, 5) is 2.01. The Balaban J connectivity index is 2.10. The van der Waals surface area contributed by atoms with E-state index in [1.807, 2.05) is 43.3 Å². The van der Waals surface area contributed by atoms with Crippen LogP contribution >= 0.6 is 0 Å². The van der Waals surface area contributed by atoms with Crippen LogP contribution in [0, 0.1) is 0 Å². The highest BCUT2D eigenvalue weighted by molar-refractivity contribution is 7.90. The van der Waals surface area contributed by atoms with Crippen molar-refractivity contribution >= 4 is 26.6 Å². The zero-order valence-electron chi connectivity index (χ0n) is 12.6. The number of benzene rings is 1. The largest absolute Gasteiger partial charge is 0.377 e. The number of hydrogen-bond acceptors (Lipinski definition) is 3. The number of anilines is 1. The minimum atomic E-state index is -3.29. The number of fused-ring (bicyclic) bond motifs is 1. The van der Waals surface area contributed by atoms with E-state index in [1.165, 1.54) is 3.97 Å². The van der Waals surface area contributed by atoms with Gasteiger partial charge >= 0.3 is 0 Å². The minimum Gasteiger partial charge on any atom is -0.377 e. The van der Waals surface area contributed by atoms with Crippen molar-refractivity contribution in [1.29, 1.82) is 0 Å². The van der Waals surface area contributed by atoms with Crippen molar-refractivity contribution in [3.63, 3.8) is 0 Å². The fraction of sp³-hybridized carbons (Fsp3) is 0.500. The lowest BCUT2D eigenvalue weighted by molar-refractivity contribution is 0.480. The van der Waals surface area contributed by atoms with Crippen LogP contribution in [-0.4, -0.2) is 31.7 Å². The van der Waals surface area contributed by atoms with Crippen LogP contribution in [0.3, 0.4) is 0 Å².